The second-order valence-corrected chi connectivity index (χ2v) is 9.44. The summed E-state index contributed by atoms with van der Waals surface area (Å²) in [5, 5.41) is -0.0930. The summed E-state index contributed by atoms with van der Waals surface area (Å²) < 4.78 is 0. The molecule has 4 atom stereocenters. The van der Waals surface area contributed by atoms with Crippen LogP contribution in [0.3, 0.4) is 0 Å². The summed E-state index contributed by atoms with van der Waals surface area (Å²) >= 11 is 12.4. The molecule has 0 spiro atoms. The van der Waals surface area contributed by atoms with E-state index < -0.39 is 0 Å². The summed E-state index contributed by atoms with van der Waals surface area (Å²) in [6.45, 7) is 2.20. The van der Waals surface area contributed by atoms with Crippen LogP contribution < -0.4 is 0 Å². The van der Waals surface area contributed by atoms with Gasteiger partial charge in [-0.05, 0) is 51.5 Å². The van der Waals surface area contributed by atoms with Gasteiger partial charge in [0.15, 0.2) is 0 Å². The number of piperidine rings is 1. The van der Waals surface area contributed by atoms with Crippen LogP contribution in [0.5, 0.6) is 0 Å². The van der Waals surface area contributed by atoms with Crippen molar-refractivity contribution in [2.24, 2.45) is 17.8 Å². The largest absolute Gasteiger partial charge is 0.299 e. The minimum atomic E-state index is -0.0913. The predicted molar refractivity (Wildman–Crippen MR) is 102 cm³/mol. The zero-order chi connectivity index (χ0) is 17.8. The summed E-state index contributed by atoms with van der Waals surface area (Å²) in [6.07, 6.45) is 10.3. The van der Waals surface area contributed by atoms with Crippen molar-refractivity contribution in [2.45, 2.75) is 75.0 Å². The maximum Gasteiger partial charge on any atom is 0.149 e. The van der Waals surface area contributed by atoms with Gasteiger partial charge in [-0.2, -0.15) is 0 Å². The van der Waals surface area contributed by atoms with Gasteiger partial charge in [-0.3, -0.25) is 14.5 Å². The molecule has 0 N–H and O–H groups in total. The number of likely N-dealkylation sites (tertiary alicyclic amines) is 1. The molecule has 3 fully saturated rings. The number of halogens is 2. The molecular formula is C20H31Cl2NO2. The van der Waals surface area contributed by atoms with E-state index in [9.17, 15) is 9.59 Å². The topological polar surface area (TPSA) is 37.4 Å². The normalized spacial score (nSPS) is 35.4. The first kappa shape index (κ1) is 19.6. The van der Waals surface area contributed by atoms with Crippen molar-refractivity contribution in [1.82, 2.24) is 4.90 Å². The lowest BCUT2D eigenvalue weighted by Gasteiger charge is -2.35. The lowest BCUT2D eigenvalue weighted by atomic mass is 9.79. The van der Waals surface area contributed by atoms with Crippen LogP contribution in [-0.4, -0.2) is 46.9 Å². The number of hydrogen-bond acceptors (Lipinski definition) is 3. The highest BCUT2D eigenvalue weighted by Gasteiger charge is 2.35. The number of alkyl halides is 2. The SMILES string of the molecule is O=C(CN1CCCC(C(=O)C2CCCCC2)C1)C1CCC(Cl)C(Cl)C1. The van der Waals surface area contributed by atoms with Crippen molar-refractivity contribution >= 4 is 34.8 Å². The van der Waals surface area contributed by atoms with Gasteiger partial charge in [-0.1, -0.05) is 19.3 Å². The molecule has 3 nitrogen and oxygen atoms in total. The second kappa shape index (κ2) is 9.19. The fourth-order valence-corrected chi connectivity index (χ4v) is 5.44. The predicted octanol–water partition coefficient (Wildman–Crippen LogP) is 4.43. The van der Waals surface area contributed by atoms with Gasteiger partial charge in [0.1, 0.15) is 11.6 Å². The number of nitrogens with zero attached hydrogens (tertiary/aromatic N) is 1. The summed E-state index contributed by atoms with van der Waals surface area (Å²) in [7, 11) is 0. The van der Waals surface area contributed by atoms with E-state index in [4.69, 9.17) is 23.2 Å². The third-order valence-corrected chi connectivity index (χ3v) is 7.58. The number of ketones is 2. The number of carbonyl (C=O) groups excluding carboxylic acids is 2. The van der Waals surface area contributed by atoms with Crippen molar-refractivity contribution < 1.29 is 9.59 Å². The highest BCUT2D eigenvalue weighted by Crippen LogP contribution is 2.33. The fraction of sp³-hybridized carbons (Fsp3) is 0.900. The average molecular weight is 388 g/mol. The first-order valence-electron chi connectivity index (χ1n) is 10.1. The van der Waals surface area contributed by atoms with E-state index in [1.807, 2.05) is 0 Å². The zero-order valence-electron chi connectivity index (χ0n) is 15.1. The molecule has 3 aliphatic rings. The van der Waals surface area contributed by atoms with Gasteiger partial charge in [0.25, 0.3) is 0 Å². The molecule has 1 aliphatic heterocycles. The Bertz CT molecular complexity index is 478. The van der Waals surface area contributed by atoms with E-state index in [1.54, 1.807) is 0 Å². The molecular weight excluding hydrogens is 357 g/mol. The van der Waals surface area contributed by atoms with E-state index in [0.29, 0.717) is 24.5 Å². The Labute approximate surface area is 161 Å². The Morgan fingerprint density at radius 3 is 2.24 bits per heavy atom. The van der Waals surface area contributed by atoms with Crippen LogP contribution in [0.15, 0.2) is 0 Å². The van der Waals surface area contributed by atoms with Crippen LogP contribution in [0.25, 0.3) is 0 Å². The van der Waals surface area contributed by atoms with Crippen LogP contribution in [0.2, 0.25) is 0 Å². The van der Waals surface area contributed by atoms with Crippen LogP contribution in [-0.2, 0) is 9.59 Å². The van der Waals surface area contributed by atoms with E-state index in [1.165, 1.54) is 19.3 Å². The first-order valence-corrected chi connectivity index (χ1v) is 11.0. The van der Waals surface area contributed by atoms with Gasteiger partial charge >= 0.3 is 0 Å². The Morgan fingerprint density at radius 2 is 1.52 bits per heavy atom. The third-order valence-electron chi connectivity index (χ3n) is 6.44. The molecule has 0 amide bonds. The van der Waals surface area contributed by atoms with Crippen molar-refractivity contribution in [3.63, 3.8) is 0 Å². The first-order chi connectivity index (χ1) is 12.0. The highest BCUT2D eigenvalue weighted by molar-refractivity contribution is 6.30. The maximum absolute atomic E-state index is 12.8. The van der Waals surface area contributed by atoms with Gasteiger partial charge in [-0.15, -0.1) is 23.2 Å². The monoisotopic (exact) mass is 387 g/mol. The number of carbonyl (C=O) groups is 2. The van der Waals surface area contributed by atoms with E-state index in [-0.39, 0.29) is 28.5 Å². The maximum atomic E-state index is 12.8. The summed E-state index contributed by atoms with van der Waals surface area (Å²) in [5.74, 6) is 1.24. The summed E-state index contributed by atoms with van der Waals surface area (Å²) in [4.78, 5) is 27.7. The highest BCUT2D eigenvalue weighted by atomic mass is 35.5. The molecule has 1 heterocycles. The quantitative estimate of drug-likeness (QED) is 0.654. The third kappa shape index (κ3) is 5.20. The van der Waals surface area contributed by atoms with Crippen LogP contribution >= 0.6 is 23.2 Å². The average Bonchev–Trinajstić information content (AvgIpc) is 2.64. The molecule has 0 bridgehead atoms. The molecule has 0 aromatic carbocycles. The van der Waals surface area contributed by atoms with Gasteiger partial charge in [0, 0.05) is 29.7 Å². The number of rotatable bonds is 5. The van der Waals surface area contributed by atoms with E-state index in [0.717, 1.165) is 51.6 Å². The van der Waals surface area contributed by atoms with E-state index in [2.05, 4.69) is 4.90 Å². The lowest BCUT2D eigenvalue weighted by molar-refractivity contribution is -0.131. The molecule has 1 saturated heterocycles. The van der Waals surface area contributed by atoms with Crippen molar-refractivity contribution in [2.75, 3.05) is 19.6 Å². The Morgan fingerprint density at radius 1 is 0.800 bits per heavy atom. The molecule has 0 aromatic rings. The Balaban J connectivity index is 1.49. The second-order valence-electron chi connectivity index (χ2n) is 8.32. The molecule has 3 rings (SSSR count). The van der Waals surface area contributed by atoms with Gasteiger partial charge < -0.3 is 0 Å². The Hall–Kier alpha value is -0.120. The van der Waals surface area contributed by atoms with Crippen molar-refractivity contribution in [1.29, 1.82) is 0 Å². The molecule has 2 saturated carbocycles. The number of hydrogen-bond donors (Lipinski definition) is 0. The molecule has 0 aromatic heterocycles. The molecule has 4 unspecified atom stereocenters. The smallest absolute Gasteiger partial charge is 0.149 e. The fourth-order valence-electron chi connectivity index (χ4n) is 4.87. The van der Waals surface area contributed by atoms with Crippen LogP contribution in [0.1, 0.15) is 64.2 Å². The molecule has 2 aliphatic carbocycles. The van der Waals surface area contributed by atoms with Gasteiger partial charge in [0.05, 0.1) is 11.9 Å². The zero-order valence-corrected chi connectivity index (χ0v) is 16.6. The molecule has 0 radical (unpaired) electrons. The van der Waals surface area contributed by atoms with Crippen molar-refractivity contribution in [3.05, 3.63) is 0 Å². The van der Waals surface area contributed by atoms with Crippen molar-refractivity contribution in [3.8, 4) is 0 Å². The Kier molecular flexibility index (Phi) is 7.22. The van der Waals surface area contributed by atoms with Gasteiger partial charge in [0.2, 0.25) is 0 Å². The molecule has 5 heteroatoms. The summed E-state index contributed by atoms with van der Waals surface area (Å²) in [6, 6.07) is 0. The minimum absolute atomic E-state index is 0.00167. The number of Topliss-reactive ketones (excluding diaryl/α,β-unsaturated/α-hetero) is 2. The van der Waals surface area contributed by atoms with Crippen LogP contribution in [0, 0.1) is 17.8 Å². The lowest BCUT2D eigenvalue weighted by Crippen LogP contribution is -2.44. The van der Waals surface area contributed by atoms with Crippen LogP contribution in [0.4, 0.5) is 0 Å². The van der Waals surface area contributed by atoms with E-state index >= 15 is 0 Å². The van der Waals surface area contributed by atoms with Gasteiger partial charge in [-0.25, -0.2) is 0 Å². The molecule has 25 heavy (non-hydrogen) atoms. The standard InChI is InChI=1S/C20H31Cl2NO2/c21-17-9-8-15(11-18(17)22)19(24)13-23-10-4-7-16(12-23)20(25)14-5-2-1-3-6-14/h14-18H,1-13H2. The molecule has 142 valence electrons. The summed E-state index contributed by atoms with van der Waals surface area (Å²) in [5.41, 5.74) is 0. The minimum Gasteiger partial charge on any atom is -0.299 e.